The minimum absolute atomic E-state index is 0.167. The summed E-state index contributed by atoms with van der Waals surface area (Å²) >= 11 is 1.40. The van der Waals surface area contributed by atoms with Crippen molar-refractivity contribution in [1.29, 1.82) is 0 Å². The van der Waals surface area contributed by atoms with E-state index in [2.05, 4.69) is 20.4 Å². The molecule has 0 spiro atoms. The number of anilines is 1. The predicted molar refractivity (Wildman–Crippen MR) is 120 cm³/mol. The van der Waals surface area contributed by atoms with Crippen molar-refractivity contribution < 1.29 is 9.18 Å². The van der Waals surface area contributed by atoms with Crippen molar-refractivity contribution in [3.63, 3.8) is 0 Å². The Kier molecular flexibility index (Phi) is 4.83. The minimum Gasteiger partial charge on any atom is -0.345 e. The normalized spacial score (nSPS) is 11.2. The lowest BCUT2D eigenvalue weighted by atomic mass is 10.2. The summed E-state index contributed by atoms with van der Waals surface area (Å²) in [4.78, 5) is 21.6. The Hall–Kier alpha value is -3.78. The molecule has 5 aromatic rings. The van der Waals surface area contributed by atoms with Crippen LogP contribution in [0.3, 0.4) is 0 Å². The van der Waals surface area contributed by atoms with Crippen LogP contribution >= 0.6 is 11.3 Å². The van der Waals surface area contributed by atoms with Gasteiger partial charge in [-0.25, -0.2) is 9.37 Å². The molecule has 2 aromatic carbocycles. The largest absolute Gasteiger partial charge is 0.345 e. The van der Waals surface area contributed by atoms with E-state index in [0.29, 0.717) is 17.1 Å². The Morgan fingerprint density at radius 2 is 1.94 bits per heavy atom. The summed E-state index contributed by atoms with van der Waals surface area (Å²) in [5.74, 6) is 0.348. The first kappa shape index (κ1) is 19.2. The molecule has 0 saturated carbocycles. The van der Waals surface area contributed by atoms with Crippen molar-refractivity contribution in [3.05, 3.63) is 88.9 Å². The number of imidazole rings is 1. The zero-order chi connectivity index (χ0) is 21.4. The van der Waals surface area contributed by atoms with E-state index < -0.39 is 0 Å². The molecule has 0 saturated heterocycles. The van der Waals surface area contributed by atoms with Crippen molar-refractivity contribution in [2.45, 2.75) is 13.5 Å². The molecule has 0 aliphatic rings. The molecule has 0 aliphatic heterocycles. The van der Waals surface area contributed by atoms with Gasteiger partial charge >= 0.3 is 0 Å². The van der Waals surface area contributed by atoms with Gasteiger partial charge in [0.1, 0.15) is 16.5 Å². The van der Waals surface area contributed by atoms with Gasteiger partial charge in [0, 0.05) is 29.0 Å². The number of hydrogen-bond donors (Lipinski definition) is 2. The summed E-state index contributed by atoms with van der Waals surface area (Å²) in [5.41, 5.74) is 3.46. The highest BCUT2D eigenvalue weighted by Crippen LogP contribution is 2.29. The minimum atomic E-state index is -0.266. The number of hydrogen-bond acceptors (Lipinski definition) is 4. The standard InChI is InChI=1S/C23H18FN5OS/c1-14-19-12-20(31-23(19)29(28-14)13-15-2-6-17(24)7-3-15)22(30)27-18-8-4-16(5-9-18)21-25-10-11-26-21/h2-12H,13H2,1H3,(H,25,26)(H,27,30). The second-order valence-electron chi connectivity index (χ2n) is 7.17. The molecule has 3 heterocycles. The van der Waals surface area contributed by atoms with Gasteiger partial charge in [-0.2, -0.15) is 5.10 Å². The van der Waals surface area contributed by atoms with Gasteiger partial charge in [0.15, 0.2) is 0 Å². The molecule has 0 fully saturated rings. The van der Waals surface area contributed by atoms with Gasteiger partial charge in [-0.15, -0.1) is 11.3 Å². The number of aromatic nitrogens is 4. The fourth-order valence-corrected chi connectivity index (χ4v) is 4.48. The zero-order valence-corrected chi connectivity index (χ0v) is 17.4. The second kappa shape index (κ2) is 7.81. The maximum Gasteiger partial charge on any atom is 0.265 e. The third-order valence-corrected chi connectivity index (χ3v) is 6.14. The Morgan fingerprint density at radius 1 is 1.16 bits per heavy atom. The number of halogens is 1. The number of thiophene rings is 1. The summed E-state index contributed by atoms with van der Waals surface area (Å²) < 4.78 is 15.0. The number of nitrogens with one attached hydrogen (secondary N) is 2. The third kappa shape index (κ3) is 3.85. The maximum absolute atomic E-state index is 13.2. The fourth-order valence-electron chi connectivity index (χ4n) is 3.42. The topological polar surface area (TPSA) is 75.6 Å². The van der Waals surface area contributed by atoms with Gasteiger partial charge in [0.05, 0.1) is 17.1 Å². The van der Waals surface area contributed by atoms with E-state index in [9.17, 15) is 9.18 Å². The smallest absolute Gasteiger partial charge is 0.265 e. The van der Waals surface area contributed by atoms with E-state index >= 15 is 0 Å². The van der Waals surface area contributed by atoms with Crippen LogP contribution in [0.5, 0.6) is 0 Å². The van der Waals surface area contributed by atoms with Crippen molar-refractivity contribution in [3.8, 4) is 11.4 Å². The SMILES string of the molecule is Cc1nn(Cc2ccc(F)cc2)c2sc(C(=O)Nc3ccc(-c4ncc[nH]4)cc3)cc12. The molecule has 0 radical (unpaired) electrons. The highest BCUT2D eigenvalue weighted by molar-refractivity contribution is 7.20. The second-order valence-corrected chi connectivity index (χ2v) is 8.20. The van der Waals surface area contributed by atoms with Gasteiger partial charge in [-0.1, -0.05) is 12.1 Å². The Bertz CT molecular complexity index is 1350. The van der Waals surface area contributed by atoms with Crippen molar-refractivity contribution in [2.24, 2.45) is 0 Å². The number of carbonyl (C=O) groups excluding carboxylic acids is 1. The Morgan fingerprint density at radius 3 is 2.65 bits per heavy atom. The third-order valence-electron chi connectivity index (χ3n) is 4.99. The number of rotatable bonds is 5. The van der Waals surface area contributed by atoms with Crippen LogP contribution < -0.4 is 5.32 Å². The van der Waals surface area contributed by atoms with Crippen LogP contribution in [-0.2, 0) is 6.54 Å². The number of amides is 1. The molecule has 3 aromatic heterocycles. The first-order valence-corrected chi connectivity index (χ1v) is 10.5. The quantitative estimate of drug-likeness (QED) is 0.400. The number of aryl methyl sites for hydroxylation is 1. The lowest BCUT2D eigenvalue weighted by molar-refractivity contribution is 0.103. The van der Waals surface area contributed by atoms with Crippen molar-refractivity contribution in [1.82, 2.24) is 19.7 Å². The molecule has 2 N–H and O–H groups in total. The highest BCUT2D eigenvalue weighted by atomic mass is 32.1. The number of nitrogens with zero attached hydrogens (tertiary/aromatic N) is 3. The lowest BCUT2D eigenvalue weighted by Crippen LogP contribution is -2.10. The van der Waals surface area contributed by atoms with Crippen LogP contribution in [0.1, 0.15) is 20.9 Å². The fraction of sp³-hybridized carbons (Fsp3) is 0.0870. The molecule has 31 heavy (non-hydrogen) atoms. The molecule has 5 rings (SSSR count). The summed E-state index contributed by atoms with van der Waals surface area (Å²) in [6.45, 7) is 2.44. The van der Waals surface area contributed by atoms with Gasteiger partial charge in [0.2, 0.25) is 0 Å². The number of fused-ring (bicyclic) bond motifs is 1. The van der Waals surface area contributed by atoms with E-state index in [1.807, 2.05) is 41.9 Å². The summed E-state index contributed by atoms with van der Waals surface area (Å²) in [5, 5.41) is 8.47. The average molecular weight is 431 g/mol. The summed E-state index contributed by atoms with van der Waals surface area (Å²) in [6, 6.07) is 15.7. The maximum atomic E-state index is 13.2. The molecule has 8 heteroatoms. The molecular weight excluding hydrogens is 413 g/mol. The first-order chi connectivity index (χ1) is 15.1. The molecule has 0 atom stereocenters. The summed E-state index contributed by atoms with van der Waals surface area (Å²) in [7, 11) is 0. The van der Waals surface area contributed by atoms with Crippen molar-refractivity contribution >= 4 is 33.1 Å². The number of benzene rings is 2. The molecule has 6 nitrogen and oxygen atoms in total. The summed E-state index contributed by atoms with van der Waals surface area (Å²) in [6.07, 6.45) is 3.47. The first-order valence-electron chi connectivity index (χ1n) is 9.69. The van der Waals surface area contributed by atoms with Crippen molar-refractivity contribution in [2.75, 3.05) is 5.32 Å². The monoisotopic (exact) mass is 431 g/mol. The Labute approximate surface area is 181 Å². The zero-order valence-electron chi connectivity index (χ0n) is 16.6. The van der Waals surface area contributed by atoms with Gasteiger partial charge < -0.3 is 10.3 Å². The van der Waals surface area contributed by atoms with E-state index in [4.69, 9.17) is 0 Å². The van der Waals surface area contributed by atoms with E-state index in [1.54, 1.807) is 24.5 Å². The number of H-pyrrole nitrogens is 1. The molecule has 0 aliphatic carbocycles. The predicted octanol–water partition coefficient (Wildman–Crippen LogP) is 5.24. The van der Waals surface area contributed by atoms with E-state index in [1.165, 1.54) is 23.5 Å². The highest BCUT2D eigenvalue weighted by Gasteiger charge is 2.17. The van der Waals surface area contributed by atoms with E-state index in [-0.39, 0.29) is 11.7 Å². The van der Waals surface area contributed by atoms with Crippen LogP contribution in [-0.4, -0.2) is 25.7 Å². The number of carbonyl (C=O) groups is 1. The molecule has 0 unspecified atom stereocenters. The molecular formula is C23H18FN5OS. The van der Waals surface area contributed by atoms with Gasteiger partial charge in [0.25, 0.3) is 5.91 Å². The van der Waals surface area contributed by atoms with Crippen LogP contribution in [0.25, 0.3) is 21.6 Å². The number of aromatic amines is 1. The van der Waals surface area contributed by atoms with Crippen LogP contribution in [0.15, 0.2) is 67.0 Å². The Balaban J connectivity index is 1.36. The van der Waals surface area contributed by atoms with Crippen LogP contribution in [0, 0.1) is 12.7 Å². The lowest BCUT2D eigenvalue weighted by Gasteiger charge is -2.05. The van der Waals surface area contributed by atoms with Gasteiger partial charge in [-0.05, 0) is 55.0 Å². The average Bonchev–Trinajstić information content (AvgIpc) is 3.50. The molecule has 0 bridgehead atoms. The van der Waals surface area contributed by atoms with E-state index in [0.717, 1.165) is 32.9 Å². The van der Waals surface area contributed by atoms with Crippen LogP contribution in [0.4, 0.5) is 10.1 Å². The van der Waals surface area contributed by atoms with Crippen LogP contribution in [0.2, 0.25) is 0 Å². The van der Waals surface area contributed by atoms with Gasteiger partial charge in [-0.3, -0.25) is 9.48 Å². The molecule has 154 valence electrons. The molecule has 1 amide bonds.